The smallest absolute Gasteiger partial charge is 0.243 e. The SMILES string of the molecule is COc1ccc(S(=O)(=O)N2CCC(C(=O)Nc3ccc(F)cc3)CC2)cc1. The van der Waals surface area contributed by atoms with E-state index < -0.39 is 10.0 Å². The molecule has 1 heterocycles. The number of methoxy groups -OCH3 is 1. The molecule has 1 N–H and O–H groups in total. The van der Waals surface area contributed by atoms with Crippen LogP contribution in [0.25, 0.3) is 0 Å². The average Bonchev–Trinajstić information content (AvgIpc) is 2.70. The van der Waals surface area contributed by atoms with E-state index in [0.29, 0.717) is 24.3 Å². The van der Waals surface area contributed by atoms with E-state index in [0.717, 1.165) is 0 Å². The van der Waals surface area contributed by atoms with Crippen molar-refractivity contribution in [2.24, 2.45) is 5.92 Å². The van der Waals surface area contributed by atoms with Gasteiger partial charge >= 0.3 is 0 Å². The molecular weight excluding hydrogens is 371 g/mol. The van der Waals surface area contributed by atoms with Crippen LogP contribution in [0, 0.1) is 11.7 Å². The Morgan fingerprint density at radius 2 is 1.67 bits per heavy atom. The second-order valence-corrected chi connectivity index (χ2v) is 8.29. The van der Waals surface area contributed by atoms with Gasteiger partial charge in [0.15, 0.2) is 0 Å². The monoisotopic (exact) mass is 392 g/mol. The highest BCUT2D eigenvalue weighted by atomic mass is 32.2. The second-order valence-electron chi connectivity index (χ2n) is 6.35. The Hall–Kier alpha value is -2.45. The molecule has 0 unspecified atom stereocenters. The number of nitrogens with one attached hydrogen (secondary N) is 1. The van der Waals surface area contributed by atoms with E-state index in [1.54, 1.807) is 12.1 Å². The highest BCUT2D eigenvalue weighted by Crippen LogP contribution is 2.26. The van der Waals surface area contributed by atoms with E-state index in [4.69, 9.17) is 4.74 Å². The van der Waals surface area contributed by atoms with Gasteiger partial charge in [-0.05, 0) is 61.4 Å². The lowest BCUT2D eigenvalue weighted by Gasteiger charge is -2.30. The summed E-state index contributed by atoms with van der Waals surface area (Å²) in [6.45, 7) is 0.547. The number of rotatable bonds is 5. The summed E-state index contributed by atoms with van der Waals surface area (Å²) in [6.07, 6.45) is 0.866. The summed E-state index contributed by atoms with van der Waals surface area (Å²) in [5.41, 5.74) is 0.523. The standard InChI is InChI=1S/C19H21FN2O4S/c1-26-17-6-8-18(9-7-17)27(24,25)22-12-10-14(11-13-22)19(23)21-16-4-2-15(20)3-5-16/h2-9,14H,10-13H2,1H3,(H,21,23). The van der Waals surface area contributed by atoms with Gasteiger partial charge < -0.3 is 10.1 Å². The summed E-state index contributed by atoms with van der Waals surface area (Å²) < 4.78 is 44.9. The zero-order valence-electron chi connectivity index (χ0n) is 14.9. The summed E-state index contributed by atoms with van der Waals surface area (Å²) >= 11 is 0. The van der Waals surface area contributed by atoms with E-state index in [1.807, 2.05) is 0 Å². The minimum atomic E-state index is -3.60. The zero-order chi connectivity index (χ0) is 19.4. The lowest BCUT2D eigenvalue weighted by Crippen LogP contribution is -2.41. The molecular formula is C19H21FN2O4S. The Morgan fingerprint density at radius 3 is 2.22 bits per heavy atom. The number of anilines is 1. The predicted molar refractivity (Wildman–Crippen MR) is 99.5 cm³/mol. The maximum atomic E-state index is 12.9. The lowest BCUT2D eigenvalue weighted by atomic mass is 9.97. The van der Waals surface area contributed by atoms with Crippen molar-refractivity contribution in [1.29, 1.82) is 0 Å². The first-order valence-corrected chi connectivity index (χ1v) is 10.0. The number of amides is 1. The van der Waals surface area contributed by atoms with Gasteiger partial charge in [-0.3, -0.25) is 4.79 Å². The molecule has 144 valence electrons. The van der Waals surface area contributed by atoms with Crippen LogP contribution in [0.2, 0.25) is 0 Å². The minimum absolute atomic E-state index is 0.178. The highest BCUT2D eigenvalue weighted by Gasteiger charge is 2.32. The molecule has 2 aromatic rings. The van der Waals surface area contributed by atoms with Crippen LogP contribution in [-0.4, -0.2) is 38.8 Å². The number of piperidine rings is 1. The zero-order valence-corrected chi connectivity index (χ0v) is 15.7. The molecule has 1 saturated heterocycles. The number of halogens is 1. The molecule has 0 bridgehead atoms. The van der Waals surface area contributed by atoms with Crippen molar-refractivity contribution in [3.8, 4) is 5.75 Å². The van der Waals surface area contributed by atoms with Crippen molar-refractivity contribution in [2.45, 2.75) is 17.7 Å². The van der Waals surface area contributed by atoms with Crippen LogP contribution in [0.3, 0.4) is 0 Å². The number of carbonyl (C=O) groups is 1. The van der Waals surface area contributed by atoms with Crippen molar-refractivity contribution in [3.05, 3.63) is 54.3 Å². The molecule has 3 rings (SSSR count). The molecule has 1 aliphatic rings. The molecule has 6 nitrogen and oxygen atoms in total. The highest BCUT2D eigenvalue weighted by molar-refractivity contribution is 7.89. The molecule has 0 aromatic heterocycles. The van der Waals surface area contributed by atoms with Gasteiger partial charge in [0.25, 0.3) is 0 Å². The average molecular weight is 392 g/mol. The van der Waals surface area contributed by atoms with Crippen molar-refractivity contribution in [3.63, 3.8) is 0 Å². The Labute approximate surface area is 158 Å². The van der Waals surface area contributed by atoms with Crippen LogP contribution < -0.4 is 10.1 Å². The van der Waals surface area contributed by atoms with Gasteiger partial charge in [-0.15, -0.1) is 0 Å². The molecule has 27 heavy (non-hydrogen) atoms. The number of hydrogen-bond donors (Lipinski definition) is 1. The number of benzene rings is 2. The van der Waals surface area contributed by atoms with Crippen molar-refractivity contribution >= 4 is 21.6 Å². The van der Waals surface area contributed by atoms with Gasteiger partial charge in [-0.2, -0.15) is 4.31 Å². The predicted octanol–water partition coefficient (Wildman–Crippen LogP) is 2.87. The summed E-state index contributed by atoms with van der Waals surface area (Å²) in [7, 11) is -2.08. The van der Waals surface area contributed by atoms with Crippen LogP contribution >= 0.6 is 0 Å². The number of hydrogen-bond acceptors (Lipinski definition) is 4. The molecule has 0 saturated carbocycles. The maximum absolute atomic E-state index is 12.9. The number of nitrogens with zero attached hydrogens (tertiary/aromatic N) is 1. The molecule has 1 fully saturated rings. The van der Waals surface area contributed by atoms with Crippen LogP contribution in [0.15, 0.2) is 53.4 Å². The molecule has 0 spiro atoms. The quantitative estimate of drug-likeness (QED) is 0.849. The van der Waals surface area contributed by atoms with Crippen LogP contribution in [-0.2, 0) is 14.8 Å². The number of carbonyl (C=O) groups excluding carboxylic acids is 1. The molecule has 0 atom stereocenters. The fraction of sp³-hybridized carbons (Fsp3) is 0.316. The second kappa shape index (κ2) is 8.06. The summed E-state index contributed by atoms with van der Waals surface area (Å²) in [6, 6.07) is 11.8. The topological polar surface area (TPSA) is 75.7 Å². The normalized spacial score (nSPS) is 16.1. The van der Waals surface area contributed by atoms with Crippen molar-refractivity contribution in [2.75, 3.05) is 25.5 Å². The molecule has 0 radical (unpaired) electrons. The molecule has 1 aliphatic heterocycles. The third-order valence-electron chi connectivity index (χ3n) is 4.63. The molecule has 1 amide bonds. The van der Waals surface area contributed by atoms with Gasteiger partial charge in [0.1, 0.15) is 11.6 Å². The van der Waals surface area contributed by atoms with Gasteiger partial charge in [0, 0.05) is 24.7 Å². The van der Waals surface area contributed by atoms with Gasteiger partial charge in [-0.1, -0.05) is 0 Å². The number of sulfonamides is 1. The first-order valence-electron chi connectivity index (χ1n) is 8.61. The van der Waals surface area contributed by atoms with Crippen molar-refractivity contribution in [1.82, 2.24) is 4.31 Å². The molecule has 0 aliphatic carbocycles. The molecule has 2 aromatic carbocycles. The first-order chi connectivity index (χ1) is 12.9. The largest absolute Gasteiger partial charge is 0.497 e. The Balaban J connectivity index is 1.60. The van der Waals surface area contributed by atoms with Crippen LogP contribution in [0.5, 0.6) is 5.75 Å². The van der Waals surface area contributed by atoms with E-state index in [-0.39, 0.29) is 35.6 Å². The summed E-state index contributed by atoms with van der Waals surface area (Å²) in [5.74, 6) is -0.240. The Bertz CT molecular complexity index is 890. The van der Waals surface area contributed by atoms with Gasteiger partial charge in [-0.25, -0.2) is 12.8 Å². The first kappa shape index (κ1) is 19.3. The van der Waals surface area contributed by atoms with E-state index >= 15 is 0 Å². The minimum Gasteiger partial charge on any atom is -0.497 e. The lowest BCUT2D eigenvalue weighted by molar-refractivity contribution is -0.120. The summed E-state index contributed by atoms with van der Waals surface area (Å²) in [4.78, 5) is 12.6. The van der Waals surface area contributed by atoms with Crippen molar-refractivity contribution < 1.29 is 22.3 Å². The third-order valence-corrected chi connectivity index (χ3v) is 6.55. The third kappa shape index (κ3) is 4.45. The number of ether oxygens (including phenoxy) is 1. The van der Waals surface area contributed by atoms with E-state index in [2.05, 4.69) is 5.32 Å². The summed E-state index contributed by atoms with van der Waals surface area (Å²) in [5, 5.41) is 2.75. The fourth-order valence-corrected chi connectivity index (χ4v) is 4.50. The van der Waals surface area contributed by atoms with Gasteiger partial charge in [0.2, 0.25) is 15.9 Å². The molecule has 8 heteroatoms. The van der Waals surface area contributed by atoms with Crippen LogP contribution in [0.4, 0.5) is 10.1 Å². The fourth-order valence-electron chi connectivity index (χ4n) is 3.03. The van der Waals surface area contributed by atoms with Gasteiger partial charge in [0.05, 0.1) is 12.0 Å². The van der Waals surface area contributed by atoms with E-state index in [1.165, 1.54) is 47.8 Å². The maximum Gasteiger partial charge on any atom is 0.243 e. The Morgan fingerprint density at radius 1 is 1.07 bits per heavy atom. The van der Waals surface area contributed by atoms with E-state index in [9.17, 15) is 17.6 Å². The van der Waals surface area contributed by atoms with Crippen LogP contribution in [0.1, 0.15) is 12.8 Å². The Kier molecular flexibility index (Phi) is 5.76.